The molecule has 3 aromatic rings. The van der Waals surface area contributed by atoms with E-state index in [1.165, 1.54) is 80.1 Å². The van der Waals surface area contributed by atoms with Crippen LogP contribution in [0.25, 0.3) is 22.3 Å². The molecule has 2 aliphatic heterocycles. The minimum atomic E-state index is 0.0271. The fourth-order valence-corrected chi connectivity index (χ4v) is 9.72. The van der Waals surface area contributed by atoms with E-state index in [9.17, 15) is 0 Å². The third-order valence-corrected chi connectivity index (χ3v) is 12.7. The summed E-state index contributed by atoms with van der Waals surface area (Å²) in [5.41, 5.74) is 15.4. The maximum absolute atomic E-state index is 3.51. The van der Waals surface area contributed by atoms with Crippen molar-refractivity contribution in [3.8, 4) is 22.3 Å². The van der Waals surface area contributed by atoms with Gasteiger partial charge in [-0.05, 0) is 134 Å². The number of likely N-dealkylation sites (N-methyl/N-ethyl adjacent to an activating group) is 1. The van der Waals surface area contributed by atoms with Gasteiger partial charge in [0.2, 0.25) is 0 Å². The van der Waals surface area contributed by atoms with Gasteiger partial charge in [0.1, 0.15) is 0 Å². The Morgan fingerprint density at radius 3 is 2.33 bits per heavy atom. The third kappa shape index (κ3) is 12.5. The Balaban J connectivity index is 0.000000229. The van der Waals surface area contributed by atoms with E-state index < -0.39 is 0 Å². The first-order valence-electron chi connectivity index (χ1n) is 22.7. The van der Waals surface area contributed by atoms with Gasteiger partial charge in [-0.2, -0.15) is 0 Å². The number of fused-ring (bicyclic) bond motifs is 6. The lowest BCUT2D eigenvalue weighted by Gasteiger charge is -2.26. The Bertz CT molecular complexity index is 2210. The lowest BCUT2D eigenvalue weighted by molar-refractivity contribution is 0.363. The molecular weight excluding hydrogens is 755 g/mol. The molecule has 0 radical (unpaired) electrons. The normalized spacial score (nSPS) is 19.7. The summed E-state index contributed by atoms with van der Waals surface area (Å²) in [5, 5.41) is 0. The van der Waals surface area contributed by atoms with Crippen LogP contribution in [0.15, 0.2) is 198 Å². The fourth-order valence-electron chi connectivity index (χ4n) is 8.63. The molecule has 2 heterocycles. The number of thioether (sulfide) groups is 1. The van der Waals surface area contributed by atoms with Gasteiger partial charge >= 0.3 is 0 Å². The molecule has 0 fully saturated rings. The van der Waals surface area contributed by atoms with Crippen LogP contribution in [0.4, 0.5) is 0 Å². The molecule has 61 heavy (non-hydrogen) atoms. The minimum Gasteiger partial charge on any atom is -0.367 e. The van der Waals surface area contributed by atoms with Crippen molar-refractivity contribution < 1.29 is 0 Å². The van der Waals surface area contributed by atoms with E-state index in [0.717, 1.165) is 12.8 Å². The van der Waals surface area contributed by atoms with Crippen LogP contribution in [-0.2, 0) is 11.8 Å². The third-order valence-electron chi connectivity index (χ3n) is 11.5. The predicted octanol–water partition coefficient (Wildman–Crippen LogP) is 17.1. The van der Waals surface area contributed by atoms with Gasteiger partial charge in [0.05, 0.1) is 6.04 Å². The lowest BCUT2D eigenvalue weighted by Crippen LogP contribution is -2.29. The van der Waals surface area contributed by atoms with Crippen LogP contribution >= 0.6 is 11.8 Å². The van der Waals surface area contributed by atoms with Crippen LogP contribution in [0, 0.1) is 5.92 Å². The van der Waals surface area contributed by atoms with E-state index in [0.29, 0.717) is 12.0 Å². The Kier molecular flexibility index (Phi) is 19.9. The van der Waals surface area contributed by atoms with E-state index in [4.69, 9.17) is 0 Å². The van der Waals surface area contributed by atoms with Gasteiger partial charge in [-0.15, -0.1) is 11.8 Å². The number of allylic oxidation sites excluding steroid dienone is 17. The highest BCUT2D eigenvalue weighted by Gasteiger charge is 2.38. The lowest BCUT2D eigenvalue weighted by atomic mass is 9.79. The van der Waals surface area contributed by atoms with E-state index in [2.05, 4.69) is 205 Å². The minimum absolute atomic E-state index is 0.0271. The first-order chi connectivity index (χ1) is 29.7. The Morgan fingerprint density at radius 1 is 0.852 bits per heavy atom. The van der Waals surface area contributed by atoms with Crippen LogP contribution in [0.1, 0.15) is 105 Å². The van der Waals surface area contributed by atoms with Gasteiger partial charge in [-0.1, -0.05) is 193 Å². The standard InChI is InChI=1S/C28H28S.C22H29N.C7H10.C2H6/c1-28(2)25-19-21(20-11-7-6-8-12-20)14-15-22(25)23-16-17-26-24(27(23)28)13-9-4-3-5-10-18-29-26;1-6-9-18(10-7-2)13-14-19-20-16-17(4)12-15-22(20)23(5)21(19)11-8-3;1-3-5-7-6-4-2;1-2/h4,6-9,11-12,14-17,19H,3,5,10,13,18H2,1-2H3;6,8-16,20,22H,7H2,1-5H3;3-7H,1H2,2H3;1-2H3/b9-4-;9-6-,11-8-,14-13+,18-10+;6-4-,7-5-;. The van der Waals surface area contributed by atoms with E-state index in [1.807, 2.05) is 45.1 Å². The number of rotatable bonds is 8. The van der Waals surface area contributed by atoms with Crippen molar-refractivity contribution in [3.05, 3.63) is 210 Å². The van der Waals surface area contributed by atoms with Crippen molar-refractivity contribution in [3.63, 3.8) is 0 Å². The largest absolute Gasteiger partial charge is 0.367 e. The molecule has 2 heteroatoms. The van der Waals surface area contributed by atoms with E-state index in [1.54, 1.807) is 17.2 Å². The highest BCUT2D eigenvalue weighted by atomic mass is 32.2. The van der Waals surface area contributed by atoms with Crippen LogP contribution in [-0.4, -0.2) is 23.7 Å². The van der Waals surface area contributed by atoms with Gasteiger partial charge in [0.15, 0.2) is 0 Å². The maximum atomic E-state index is 3.51. The molecule has 1 nitrogen and oxygen atoms in total. The monoisotopic (exact) mass is 828 g/mol. The van der Waals surface area contributed by atoms with E-state index >= 15 is 0 Å². The van der Waals surface area contributed by atoms with Gasteiger partial charge < -0.3 is 4.90 Å². The fraction of sp³-hybridized carbons (Fsp3) is 0.322. The van der Waals surface area contributed by atoms with Crippen LogP contribution in [0.2, 0.25) is 0 Å². The zero-order valence-electron chi connectivity index (χ0n) is 39.0. The molecule has 4 aliphatic rings. The molecular formula is C59H73NS. The van der Waals surface area contributed by atoms with Gasteiger partial charge in [0, 0.05) is 29.0 Å². The second kappa shape index (κ2) is 25.0. The molecule has 2 unspecified atom stereocenters. The van der Waals surface area contributed by atoms with Crippen LogP contribution in [0.5, 0.6) is 0 Å². The number of hydrogen-bond acceptors (Lipinski definition) is 2. The summed E-state index contributed by atoms with van der Waals surface area (Å²) in [4.78, 5) is 3.88. The first kappa shape index (κ1) is 48.6. The van der Waals surface area contributed by atoms with Gasteiger partial charge in [0.25, 0.3) is 0 Å². The van der Waals surface area contributed by atoms with Crippen LogP contribution < -0.4 is 0 Å². The second-order valence-electron chi connectivity index (χ2n) is 16.1. The summed E-state index contributed by atoms with van der Waals surface area (Å²) in [5.74, 6) is 1.67. The summed E-state index contributed by atoms with van der Waals surface area (Å²) < 4.78 is 0. The summed E-state index contributed by atoms with van der Waals surface area (Å²) in [6, 6.07) is 23.0. The summed E-state index contributed by atoms with van der Waals surface area (Å²) in [6.07, 6.45) is 42.7. The summed E-state index contributed by atoms with van der Waals surface area (Å²) in [6.45, 7) is 22.8. The number of hydrogen-bond donors (Lipinski definition) is 0. The van der Waals surface area contributed by atoms with Crippen molar-refractivity contribution in [1.29, 1.82) is 0 Å². The predicted molar refractivity (Wildman–Crippen MR) is 274 cm³/mol. The van der Waals surface area contributed by atoms with E-state index in [-0.39, 0.29) is 5.41 Å². The number of benzene rings is 3. The molecule has 0 saturated carbocycles. The van der Waals surface area contributed by atoms with Crippen molar-refractivity contribution >= 4 is 11.8 Å². The zero-order valence-corrected chi connectivity index (χ0v) is 39.9. The second-order valence-corrected chi connectivity index (χ2v) is 17.2. The zero-order chi connectivity index (χ0) is 44.2. The van der Waals surface area contributed by atoms with Gasteiger partial charge in [-0.25, -0.2) is 0 Å². The molecule has 0 amide bonds. The average Bonchev–Trinajstić information content (AvgIpc) is 3.67. The smallest absolute Gasteiger partial charge is 0.0577 e. The molecule has 2 atom stereocenters. The van der Waals surface area contributed by atoms with Crippen molar-refractivity contribution in [1.82, 2.24) is 4.90 Å². The van der Waals surface area contributed by atoms with Crippen molar-refractivity contribution in [2.45, 2.75) is 111 Å². The average molecular weight is 828 g/mol. The Morgan fingerprint density at radius 2 is 1.62 bits per heavy atom. The highest BCUT2D eigenvalue weighted by Crippen LogP contribution is 2.53. The van der Waals surface area contributed by atoms with Crippen molar-refractivity contribution in [2.75, 3.05) is 12.8 Å². The molecule has 2 aliphatic carbocycles. The summed E-state index contributed by atoms with van der Waals surface area (Å²) >= 11 is 2.06. The quantitative estimate of drug-likeness (QED) is 0.164. The number of nitrogens with zero attached hydrogens (tertiary/aromatic N) is 1. The summed E-state index contributed by atoms with van der Waals surface area (Å²) in [7, 11) is 2.20. The SMILES string of the molecule is C/C=C\C1=C(/C=C/C(/C=C\C)=C/CC)C2C=C(C)C=CC2N1C.C=C/C=C\C=C/C.CC.CC1(C)c2cc(-c3ccccc3)ccc2-c2ccc3c(c21)C/C=C\CCCCS3. The molecule has 0 saturated heterocycles. The molecule has 3 aromatic carbocycles. The van der Waals surface area contributed by atoms with Gasteiger partial charge in [-0.3, -0.25) is 0 Å². The molecule has 320 valence electrons. The molecule has 0 bridgehead atoms. The van der Waals surface area contributed by atoms with Crippen molar-refractivity contribution in [2.24, 2.45) is 5.92 Å². The molecule has 0 spiro atoms. The molecule has 7 rings (SSSR count). The molecule has 0 N–H and O–H groups in total. The topological polar surface area (TPSA) is 3.24 Å². The highest BCUT2D eigenvalue weighted by molar-refractivity contribution is 7.99. The molecule has 0 aromatic heterocycles. The maximum Gasteiger partial charge on any atom is 0.0577 e. The Labute approximate surface area is 376 Å². The van der Waals surface area contributed by atoms with Crippen LogP contribution in [0.3, 0.4) is 0 Å². The Hall–Kier alpha value is -5.05. The first-order valence-corrected chi connectivity index (χ1v) is 23.7.